The molecule has 1 aromatic rings. The van der Waals surface area contributed by atoms with Crippen molar-refractivity contribution in [3.8, 4) is 0 Å². The van der Waals surface area contributed by atoms with Crippen LogP contribution >= 0.6 is 0 Å². The van der Waals surface area contributed by atoms with Crippen LogP contribution < -0.4 is 5.32 Å². The fourth-order valence-corrected chi connectivity index (χ4v) is 1.17. The van der Waals surface area contributed by atoms with Gasteiger partial charge < -0.3 is 25.7 Å². The molecule has 0 aromatic carbocycles. The fourth-order valence-electron chi connectivity index (χ4n) is 1.17. The molecule has 0 radical (unpaired) electrons. The standard InChI is InChI=1S/C10H14N2O5/c13-4-10(5-14,6-15)12-7-1-2-8(9(16)17)11-3-7/h1-3,12-15H,4-6H2,(H,16,17). The smallest absolute Gasteiger partial charge is 0.354 e. The predicted octanol–water partition coefficient (Wildman–Crippen LogP) is -1.09. The molecule has 0 aliphatic rings. The zero-order chi connectivity index (χ0) is 12.9. The lowest BCUT2D eigenvalue weighted by Gasteiger charge is -2.29. The van der Waals surface area contributed by atoms with Crippen LogP contribution in [-0.2, 0) is 0 Å². The van der Waals surface area contributed by atoms with Crippen LogP contribution in [0, 0.1) is 0 Å². The lowest BCUT2D eigenvalue weighted by atomic mass is 10.0. The summed E-state index contributed by atoms with van der Waals surface area (Å²) in [6.45, 7) is -1.41. The number of aliphatic hydroxyl groups is 3. The number of nitrogens with zero attached hydrogens (tertiary/aromatic N) is 1. The van der Waals surface area contributed by atoms with Crippen LogP contribution in [-0.4, -0.2) is 56.7 Å². The van der Waals surface area contributed by atoms with Gasteiger partial charge in [0.15, 0.2) is 0 Å². The van der Waals surface area contributed by atoms with Crippen molar-refractivity contribution in [2.45, 2.75) is 5.54 Å². The summed E-state index contributed by atoms with van der Waals surface area (Å²) in [6, 6.07) is 2.72. The van der Waals surface area contributed by atoms with Gasteiger partial charge in [0.2, 0.25) is 0 Å². The second kappa shape index (κ2) is 5.58. The Hall–Kier alpha value is -1.70. The number of nitrogens with one attached hydrogen (secondary N) is 1. The van der Waals surface area contributed by atoms with E-state index in [0.29, 0.717) is 5.69 Å². The first-order chi connectivity index (χ1) is 8.06. The first-order valence-corrected chi connectivity index (χ1v) is 4.87. The molecule has 0 fully saturated rings. The zero-order valence-corrected chi connectivity index (χ0v) is 9.00. The maximum absolute atomic E-state index is 10.6. The minimum atomic E-state index is -1.26. The van der Waals surface area contributed by atoms with E-state index in [9.17, 15) is 4.79 Å². The third-order valence-corrected chi connectivity index (χ3v) is 2.30. The van der Waals surface area contributed by atoms with Gasteiger partial charge in [0, 0.05) is 0 Å². The van der Waals surface area contributed by atoms with Crippen molar-refractivity contribution >= 4 is 11.7 Å². The van der Waals surface area contributed by atoms with E-state index in [2.05, 4.69) is 10.3 Å². The van der Waals surface area contributed by atoms with Crippen molar-refractivity contribution in [2.24, 2.45) is 0 Å². The summed E-state index contributed by atoms with van der Waals surface area (Å²) in [5.41, 5.74) is -0.975. The Morgan fingerprint density at radius 3 is 2.18 bits per heavy atom. The Labute approximate surface area is 97.4 Å². The molecule has 0 amide bonds. The molecule has 7 nitrogen and oxygen atoms in total. The molecule has 0 aliphatic heterocycles. The monoisotopic (exact) mass is 242 g/mol. The molecule has 1 aromatic heterocycles. The van der Waals surface area contributed by atoms with E-state index in [-0.39, 0.29) is 5.69 Å². The SMILES string of the molecule is O=C(O)c1ccc(NC(CO)(CO)CO)cn1. The maximum Gasteiger partial charge on any atom is 0.354 e. The van der Waals surface area contributed by atoms with Crippen LogP contribution in [0.5, 0.6) is 0 Å². The molecule has 0 unspecified atom stereocenters. The Morgan fingerprint density at radius 2 is 1.82 bits per heavy atom. The Morgan fingerprint density at radius 1 is 1.24 bits per heavy atom. The highest BCUT2D eigenvalue weighted by atomic mass is 16.4. The van der Waals surface area contributed by atoms with Crippen LogP contribution in [0.1, 0.15) is 10.5 Å². The number of hydrogen-bond donors (Lipinski definition) is 5. The van der Waals surface area contributed by atoms with Crippen LogP contribution in [0.3, 0.4) is 0 Å². The number of pyridine rings is 1. The number of carboxylic acid groups (broad SMARTS) is 1. The van der Waals surface area contributed by atoms with Gasteiger partial charge >= 0.3 is 5.97 Å². The molecule has 0 saturated heterocycles. The molecule has 0 saturated carbocycles. The van der Waals surface area contributed by atoms with Crippen LogP contribution in [0.4, 0.5) is 5.69 Å². The summed E-state index contributed by atoms with van der Waals surface area (Å²) in [4.78, 5) is 14.2. The molecule has 1 rings (SSSR count). The Kier molecular flexibility index (Phi) is 4.38. The topological polar surface area (TPSA) is 123 Å². The number of aromatic carboxylic acids is 1. The van der Waals surface area contributed by atoms with Gasteiger partial charge in [0.1, 0.15) is 11.2 Å². The summed E-state index contributed by atoms with van der Waals surface area (Å²) in [6.07, 6.45) is 1.25. The Balaban J connectivity index is 2.84. The van der Waals surface area contributed by atoms with Crippen molar-refractivity contribution in [1.82, 2.24) is 4.98 Å². The maximum atomic E-state index is 10.6. The predicted molar refractivity (Wildman–Crippen MR) is 58.8 cm³/mol. The number of hydrogen-bond acceptors (Lipinski definition) is 6. The second-order valence-electron chi connectivity index (χ2n) is 3.62. The number of aliphatic hydroxyl groups excluding tert-OH is 3. The largest absolute Gasteiger partial charge is 0.477 e. The quantitative estimate of drug-likeness (QED) is 0.429. The summed E-state index contributed by atoms with van der Waals surface area (Å²) < 4.78 is 0. The molecule has 0 aliphatic carbocycles. The van der Waals surface area contributed by atoms with Crippen molar-refractivity contribution in [1.29, 1.82) is 0 Å². The minimum Gasteiger partial charge on any atom is -0.477 e. The van der Waals surface area contributed by atoms with Gasteiger partial charge in [-0.15, -0.1) is 0 Å². The molecular weight excluding hydrogens is 228 g/mol. The molecule has 5 N–H and O–H groups in total. The van der Waals surface area contributed by atoms with E-state index >= 15 is 0 Å². The lowest BCUT2D eigenvalue weighted by molar-refractivity contribution is 0.0690. The molecule has 7 heteroatoms. The van der Waals surface area contributed by atoms with Gasteiger partial charge in [-0.3, -0.25) is 0 Å². The van der Waals surface area contributed by atoms with E-state index in [1.54, 1.807) is 0 Å². The van der Waals surface area contributed by atoms with Gasteiger partial charge in [-0.2, -0.15) is 0 Å². The fraction of sp³-hybridized carbons (Fsp3) is 0.400. The van der Waals surface area contributed by atoms with Gasteiger partial charge in [0.25, 0.3) is 0 Å². The number of anilines is 1. The van der Waals surface area contributed by atoms with Gasteiger partial charge in [-0.1, -0.05) is 0 Å². The number of carbonyl (C=O) groups is 1. The van der Waals surface area contributed by atoms with Crippen molar-refractivity contribution in [3.05, 3.63) is 24.0 Å². The van der Waals surface area contributed by atoms with Crippen molar-refractivity contribution in [3.63, 3.8) is 0 Å². The molecule has 0 atom stereocenters. The van der Waals surface area contributed by atoms with Gasteiger partial charge in [-0.25, -0.2) is 9.78 Å². The van der Waals surface area contributed by atoms with Crippen molar-refractivity contribution < 1.29 is 25.2 Å². The van der Waals surface area contributed by atoms with E-state index in [1.165, 1.54) is 18.3 Å². The number of aromatic nitrogens is 1. The van der Waals surface area contributed by atoms with Crippen molar-refractivity contribution in [2.75, 3.05) is 25.1 Å². The van der Waals surface area contributed by atoms with E-state index in [0.717, 1.165) is 0 Å². The third-order valence-electron chi connectivity index (χ3n) is 2.30. The number of rotatable bonds is 6. The van der Waals surface area contributed by atoms with E-state index < -0.39 is 31.3 Å². The van der Waals surface area contributed by atoms with Gasteiger partial charge in [0.05, 0.1) is 31.7 Å². The summed E-state index contributed by atoms with van der Waals surface area (Å²) in [5, 5.41) is 38.6. The normalized spacial score (nSPS) is 11.2. The molecule has 94 valence electrons. The molecular formula is C10H14N2O5. The molecule has 0 spiro atoms. The highest BCUT2D eigenvalue weighted by molar-refractivity contribution is 5.85. The van der Waals surface area contributed by atoms with E-state index in [4.69, 9.17) is 20.4 Å². The minimum absolute atomic E-state index is 0.113. The third kappa shape index (κ3) is 3.13. The molecule has 1 heterocycles. The van der Waals surface area contributed by atoms with E-state index in [1.807, 2.05) is 0 Å². The molecule has 17 heavy (non-hydrogen) atoms. The Bertz CT molecular complexity index is 367. The first kappa shape index (κ1) is 13.4. The van der Waals surface area contributed by atoms with Gasteiger partial charge in [-0.05, 0) is 12.1 Å². The second-order valence-corrected chi connectivity index (χ2v) is 3.62. The highest BCUT2D eigenvalue weighted by Gasteiger charge is 2.27. The zero-order valence-electron chi connectivity index (χ0n) is 9.00. The lowest BCUT2D eigenvalue weighted by Crippen LogP contribution is -2.49. The average Bonchev–Trinajstić information content (AvgIpc) is 2.37. The van der Waals surface area contributed by atoms with Crippen LogP contribution in [0.15, 0.2) is 18.3 Å². The molecule has 0 bridgehead atoms. The highest BCUT2D eigenvalue weighted by Crippen LogP contribution is 2.14. The summed E-state index contributed by atoms with van der Waals surface area (Å²) in [7, 11) is 0. The number of carboxylic acids is 1. The van der Waals surface area contributed by atoms with Crippen LogP contribution in [0.25, 0.3) is 0 Å². The van der Waals surface area contributed by atoms with Crippen LogP contribution in [0.2, 0.25) is 0 Å². The summed E-state index contributed by atoms with van der Waals surface area (Å²) in [5.74, 6) is -1.14. The first-order valence-electron chi connectivity index (χ1n) is 4.87. The average molecular weight is 242 g/mol. The summed E-state index contributed by atoms with van der Waals surface area (Å²) >= 11 is 0.